The minimum atomic E-state index is -3.57. The Kier molecular flexibility index (Phi) is 8.02. The molecule has 1 amide bonds. The highest BCUT2D eigenvalue weighted by atomic mass is 32.2. The molecule has 0 saturated carbocycles. The van der Waals surface area contributed by atoms with E-state index in [0.29, 0.717) is 12.2 Å². The largest absolute Gasteiger partial charge is 0.325 e. The molecule has 3 aromatic rings. The van der Waals surface area contributed by atoms with Crippen molar-refractivity contribution in [2.24, 2.45) is 0 Å². The van der Waals surface area contributed by atoms with Gasteiger partial charge in [0.05, 0.1) is 10.9 Å². The second-order valence-electron chi connectivity index (χ2n) is 8.40. The van der Waals surface area contributed by atoms with Gasteiger partial charge in [0.2, 0.25) is 15.9 Å². The summed E-state index contributed by atoms with van der Waals surface area (Å²) in [7, 11) is -1.65. The van der Waals surface area contributed by atoms with Crippen molar-refractivity contribution in [1.82, 2.24) is 9.62 Å². The Bertz CT molecular complexity index is 1180. The van der Waals surface area contributed by atoms with E-state index < -0.39 is 10.0 Å². The van der Waals surface area contributed by atoms with E-state index in [9.17, 15) is 13.2 Å². The van der Waals surface area contributed by atoms with Crippen molar-refractivity contribution < 1.29 is 13.2 Å². The van der Waals surface area contributed by atoms with Crippen LogP contribution in [0.5, 0.6) is 0 Å². The zero-order valence-corrected chi connectivity index (χ0v) is 20.3. The first-order chi connectivity index (χ1) is 15.7. The summed E-state index contributed by atoms with van der Waals surface area (Å²) in [6.07, 6.45) is 0. The lowest BCUT2D eigenvalue weighted by molar-refractivity contribution is -0.120. The van der Waals surface area contributed by atoms with E-state index in [2.05, 4.69) is 34.3 Å². The number of hydrogen-bond acceptors (Lipinski definition) is 4. The van der Waals surface area contributed by atoms with Gasteiger partial charge in [0, 0.05) is 18.3 Å². The first kappa shape index (κ1) is 24.6. The van der Waals surface area contributed by atoms with Crippen LogP contribution in [0.15, 0.2) is 83.8 Å². The second-order valence-corrected chi connectivity index (χ2v) is 10.1. The first-order valence-corrected chi connectivity index (χ1v) is 12.4. The number of carbonyl (C=O) groups is 1. The summed E-state index contributed by atoms with van der Waals surface area (Å²) >= 11 is 0. The third-order valence-corrected chi connectivity index (χ3v) is 7.06. The smallest absolute Gasteiger partial charge is 0.241 e. The molecule has 1 atom stereocenters. The maximum atomic E-state index is 12.8. The predicted molar refractivity (Wildman–Crippen MR) is 133 cm³/mol. The number of nitrogens with zero attached hydrogens (tertiary/aromatic N) is 1. The third-order valence-electron chi connectivity index (χ3n) is 5.39. The highest BCUT2D eigenvalue weighted by Gasteiger charge is 2.20. The summed E-state index contributed by atoms with van der Waals surface area (Å²) in [5.41, 5.74) is 3.97. The van der Waals surface area contributed by atoms with Crippen LogP contribution in [0.2, 0.25) is 0 Å². The molecule has 0 aliphatic carbocycles. The number of likely N-dealkylation sites (N-methyl/N-ethyl adjacent to an activating group) is 1. The fraction of sp³-hybridized carbons (Fsp3) is 0.269. The summed E-state index contributed by atoms with van der Waals surface area (Å²) in [5.74, 6) is -0.161. The Labute approximate surface area is 196 Å². The lowest BCUT2D eigenvalue weighted by atomic mass is 9.99. The standard InChI is InChI=1S/C26H31N3O3S/c1-19(2)28-33(31,32)24-16-14-23(15-17-24)27-26(30)20(3)29(4)18-22-12-8-9-13-25(22)21-10-6-5-7-11-21/h5-17,19-20,28H,18H2,1-4H3,(H,27,30). The van der Waals surface area contributed by atoms with Crippen molar-refractivity contribution in [2.75, 3.05) is 12.4 Å². The van der Waals surface area contributed by atoms with Crippen LogP contribution in [0.3, 0.4) is 0 Å². The fourth-order valence-electron chi connectivity index (χ4n) is 3.51. The number of sulfonamides is 1. The van der Waals surface area contributed by atoms with Crippen molar-refractivity contribution in [3.63, 3.8) is 0 Å². The van der Waals surface area contributed by atoms with Crippen molar-refractivity contribution in [3.05, 3.63) is 84.4 Å². The Morgan fingerprint density at radius 3 is 2.12 bits per heavy atom. The molecule has 0 bridgehead atoms. The van der Waals surface area contributed by atoms with Gasteiger partial charge in [-0.25, -0.2) is 13.1 Å². The van der Waals surface area contributed by atoms with E-state index in [-0.39, 0.29) is 22.9 Å². The number of anilines is 1. The summed E-state index contributed by atoms with van der Waals surface area (Å²) in [6, 6.07) is 24.0. The number of hydrogen-bond donors (Lipinski definition) is 2. The minimum Gasteiger partial charge on any atom is -0.325 e. The highest BCUT2D eigenvalue weighted by Crippen LogP contribution is 2.25. The molecule has 0 spiro atoms. The summed E-state index contributed by atoms with van der Waals surface area (Å²) in [5, 5.41) is 2.88. The molecule has 0 heterocycles. The number of nitrogens with one attached hydrogen (secondary N) is 2. The van der Waals surface area contributed by atoms with E-state index in [4.69, 9.17) is 0 Å². The number of carbonyl (C=O) groups excluding carboxylic acids is 1. The first-order valence-electron chi connectivity index (χ1n) is 10.9. The summed E-state index contributed by atoms with van der Waals surface area (Å²) in [6.45, 7) is 5.99. The molecular formula is C26H31N3O3S. The Hall–Kier alpha value is -3.00. The average molecular weight is 466 g/mol. The molecule has 0 radical (unpaired) electrons. The lowest BCUT2D eigenvalue weighted by Gasteiger charge is -2.25. The molecule has 0 fully saturated rings. The van der Waals surface area contributed by atoms with Crippen LogP contribution in [0.4, 0.5) is 5.69 Å². The molecule has 1 unspecified atom stereocenters. The molecule has 3 aromatic carbocycles. The van der Waals surface area contributed by atoms with Gasteiger partial charge in [-0.3, -0.25) is 9.69 Å². The van der Waals surface area contributed by atoms with Crippen LogP contribution in [0.25, 0.3) is 11.1 Å². The maximum Gasteiger partial charge on any atom is 0.241 e. The maximum absolute atomic E-state index is 12.8. The normalized spacial score (nSPS) is 12.7. The molecule has 6 nitrogen and oxygen atoms in total. The molecule has 0 aliphatic rings. The number of rotatable bonds is 9. The number of amides is 1. The van der Waals surface area contributed by atoms with Crippen LogP contribution in [0.1, 0.15) is 26.3 Å². The van der Waals surface area contributed by atoms with Crippen LogP contribution in [0, 0.1) is 0 Å². The van der Waals surface area contributed by atoms with Crippen molar-refractivity contribution in [3.8, 4) is 11.1 Å². The molecule has 174 valence electrons. The van der Waals surface area contributed by atoms with Crippen LogP contribution in [-0.2, 0) is 21.4 Å². The minimum absolute atomic E-state index is 0.161. The van der Waals surface area contributed by atoms with Gasteiger partial charge in [-0.1, -0.05) is 54.6 Å². The zero-order valence-electron chi connectivity index (χ0n) is 19.4. The van der Waals surface area contributed by atoms with Gasteiger partial charge in [0.15, 0.2) is 0 Å². The third kappa shape index (κ3) is 6.51. The molecule has 2 N–H and O–H groups in total. The van der Waals surface area contributed by atoms with Gasteiger partial charge in [-0.15, -0.1) is 0 Å². The Morgan fingerprint density at radius 2 is 1.48 bits per heavy atom. The molecule has 33 heavy (non-hydrogen) atoms. The highest BCUT2D eigenvalue weighted by molar-refractivity contribution is 7.89. The van der Waals surface area contributed by atoms with Gasteiger partial charge in [0.1, 0.15) is 0 Å². The van der Waals surface area contributed by atoms with Crippen molar-refractivity contribution in [2.45, 2.75) is 44.3 Å². The monoisotopic (exact) mass is 465 g/mol. The zero-order chi connectivity index (χ0) is 24.0. The molecule has 0 aromatic heterocycles. The SMILES string of the molecule is CC(C)NS(=O)(=O)c1ccc(NC(=O)C(C)N(C)Cc2ccccc2-c2ccccc2)cc1. The summed E-state index contributed by atoms with van der Waals surface area (Å²) < 4.78 is 27.1. The molecule has 3 rings (SSSR count). The quantitative estimate of drug-likeness (QED) is 0.488. The van der Waals surface area contributed by atoms with Crippen molar-refractivity contribution >= 4 is 21.6 Å². The van der Waals surface area contributed by atoms with Crippen LogP contribution < -0.4 is 10.0 Å². The van der Waals surface area contributed by atoms with Crippen LogP contribution in [-0.4, -0.2) is 38.4 Å². The number of benzene rings is 3. The van der Waals surface area contributed by atoms with Gasteiger partial charge >= 0.3 is 0 Å². The second kappa shape index (κ2) is 10.7. The van der Waals surface area contributed by atoms with E-state index in [0.717, 1.165) is 16.7 Å². The topological polar surface area (TPSA) is 78.5 Å². The fourth-order valence-corrected chi connectivity index (χ4v) is 4.76. The van der Waals surface area contributed by atoms with E-state index in [1.165, 1.54) is 12.1 Å². The van der Waals surface area contributed by atoms with Crippen molar-refractivity contribution in [1.29, 1.82) is 0 Å². The molecule has 0 saturated heterocycles. The summed E-state index contributed by atoms with van der Waals surface area (Å²) in [4.78, 5) is 15.0. The Balaban J connectivity index is 1.66. The molecule has 0 aliphatic heterocycles. The predicted octanol–water partition coefficient (Wildman–Crippen LogP) is 4.50. The van der Waals surface area contributed by atoms with Gasteiger partial charge in [0.25, 0.3) is 0 Å². The Morgan fingerprint density at radius 1 is 0.879 bits per heavy atom. The van der Waals surface area contributed by atoms with E-state index >= 15 is 0 Å². The molecular weight excluding hydrogens is 434 g/mol. The van der Waals surface area contributed by atoms with Crippen LogP contribution >= 0.6 is 0 Å². The van der Waals surface area contributed by atoms with E-state index in [1.54, 1.807) is 26.0 Å². The van der Waals surface area contributed by atoms with Gasteiger partial charge in [-0.05, 0) is 68.8 Å². The van der Waals surface area contributed by atoms with Gasteiger partial charge in [-0.2, -0.15) is 0 Å². The molecule has 7 heteroatoms. The van der Waals surface area contributed by atoms with E-state index in [1.807, 2.05) is 49.2 Å². The van der Waals surface area contributed by atoms with Gasteiger partial charge < -0.3 is 5.32 Å². The lowest BCUT2D eigenvalue weighted by Crippen LogP contribution is -2.39. The average Bonchev–Trinajstić information content (AvgIpc) is 2.79.